The third kappa shape index (κ3) is 2.91. The summed E-state index contributed by atoms with van der Waals surface area (Å²) in [6, 6.07) is 14.9. The Bertz CT molecular complexity index is 569. The van der Waals surface area contributed by atoms with Crippen molar-refractivity contribution in [1.82, 2.24) is 0 Å². The first kappa shape index (κ1) is 12.7. The molecule has 1 nitrogen and oxygen atoms in total. The maximum atomic E-state index is 5.46. The Morgan fingerprint density at radius 3 is 2.72 bits per heavy atom. The molecule has 0 aliphatic heterocycles. The van der Waals surface area contributed by atoms with E-state index < -0.39 is 0 Å². The number of hydrogen-bond donors (Lipinski definition) is 1. The van der Waals surface area contributed by atoms with Gasteiger partial charge in [-0.25, -0.2) is 0 Å². The van der Waals surface area contributed by atoms with Gasteiger partial charge in [0.25, 0.3) is 0 Å². The second kappa shape index (κ2) is 6.23. The molecule has 1 heteroatoms. The second-order valence-corrected chi connectivity index (χ2v) is 4.50. The Morgan fingerprint density at radius 2 is 1.89 bits per heavy atom. The molecule has 0 spiro atoms. The third-order valence-corrected chi connectivity index (χ3v) is 3.11. The topological polar surface area (TPSA) is 26.0 Å². The van der Waals surface area contributed by atoms with Crippen LogP contribution in [0.4, 0.5) is 0 Å². The molecule has 2 N–H and O–H groups in total. The van der Waals surface area contributed by atoms with E-state index in [1.165, 1.54) is 16.3 Å². The van der Waals surface area contributed by atoms with Gasteiger partial charge in [-0.15, -0.1) is 5.92 Å². The summed E-state index contributed by atoms with van der Waals surface area (Å²) in [6.45, 7) is 2.88. The van der Waals surface area contributed by atoms with E-state index in [0.29, 0.717) is 0 Å². The zero-order chi connectivity index (χ0) is 12.8. The molecular weight excluding hydrogens is 218 g/mol. The summed E-state index contributed by atoms with van der Waals surface area (Å²) >= 11 is 0. The van der Waals surface area contributed by atoms with Crippen molar-refractivity contribution in [3.63, 3.8) is 0 Å². The summed E-state index contributed by atoms with van der Waals surface area (Å²) in [6.07, 6.45) is 1.88. The molecule has 0 saturated carbocycles. The lowest BCUT2D eigenvalue weighted by Crippen LogP contribution is -1.97. The van der Waals surface area contributed by atoms with Gasteiger partial charge in [-0.1, -0.05) is 48.4 Å². The molecule has 0 radical (unpaired) electrons. The highest BCUT2D eigenvalue weighted by Crippen LogP contribution is 2.24. The summed E-state index contributed by atoms with van der Waals surface area (Å²) < 4.78 is 0. The van der Waals surface area contributed by atoms with Gasteiger partial charge in [0, 0.05) is 12.3 Å². The molecule has 2 aromatic rings. The summed E-state index contributed by atoms with van der Waals surface area (Å²) in [5.74, 6) is 6.81. The molecule has 0 aliphatic carbocycles. The van der Waals surface area contributed by atoms with Gasteiger partial charge in [0.15, 0.2) is 0 Å². The van der Waals surface area contributed by atoms with E-state index in [0.717, 1.165) is 19.4 Å². The van der Waals surface area contributed by atoms with Gasteiger partial charge < -0.3 is 5.73 Å². The van der Waals surface area contributed by atoms with Crippen molar-refractivity contribution in [3.8, 4) is 11.8 Å². The van der Waals surface area contributed by atoms with Crippen LogP contribution in [0.5, 0.6) is 0 Å². The van der Waals surface area contributed by atoms with Crippen LogP contribution in [0, 0.1) is 11.8 Å². The lowest BCUT2D eigenvalue weighted by Gasteiger charge is -2.08. The zero-order valence-electron chi connectivity index (χ0n) is 10.8. The van der Waals surface area contributed by atoms with E-state index in [1.54, 1.807) is 0 Å². The highest BCUT2D eigenvalue weighted by Gasteiger charge is 2.05. The Kier molecular flexibility index (Phi) is 4.39. The monoisotopic (exact) mass is 237 g/mol. The molecule has 92 valence electrons. The van der Waals surface area contributed by atoms with E-state index in [2.05, 4.69) is 61.2 Å². The lowest BCUT2D eigenvalue weighted by molar-refractivity contribution is 0.867. The molecule has 2 rings (SSSR count). The number of nitrogens with two attached hydrogens (primary N) is 1. The number of rotatable bonds is 3. The van der Waals surface area contributed by atoms with Gasteiger partial charge >= 0.3 is 0 Å². The first-order valence-electron chi connectivity index (χ1n) is 6.49. The summed E-state index contributed by atoms with van der Waals surface area (Å²) in [5, 5.41) is 2.59. The number of benzene rings is 2. The quantitative estimate of drug-likeness (QED) is 0.639. The largest absolute Gasteiger partial charge is 0.330 e. The Balaban J connectivity index is 2.26. The van der Waals surface area contributed by atoms with E-state index in [-0.39, 0.29) is 5.92 Å². The zero-order valence-corrected chi connectivity index (χ0v) is 10.8. The SMILES string of the molecule is CC(C#CCCCN)c1cccc2ccccc12. The van der Waals surface area contributed by atoms with Crippen LogP contribution in [0.1, 0.15) is 31.2 Å². The lowest BCUT2D eigenvalue weighted by atomic mass is 9.95. The number of unbranched alkanes of at least 4 members (excludes halogenated alkanes) is 1. The highest BCUT2D eigenvalue weighted by molar-refractivity contribution is 5.86. The van der Waals surface area contributed by atoms with Gasteiger partial charge in [-0.05, 0) is 36.2 Å². The molecule has 0 amide bonds. The first-order chi connectivity index (χ1) is 8.83. The van der Waals surface area contributed by atoms with E-state index in [9.17, 15) is 0 Å². The molecule has 1 unspecified atom stereocenters. The van der Waals surface area contributed by atoms with Gasteiger partial charge in [-0.2, -0.15) is 0 Å². The predicted molar refractivity (Wildman–Crippen MR) is 78.4 cm³/mol. The van der Waals surface area contributed by atoms with E-state index >= 15 is 0 Å². The summed E-state index contributed by atoms with van der Waals surface area (Å²) in [4.78, 5) is 0. The average molecular weight is 237 g/mol. The van der Waals surface area contributed by atoms with Crippen LogP contribution in [0.3, 0.4) is 0 Å². The van der Waals surface area contributed by atoms with E-state index in [4.69, 9.17) is 5.73 Å². The molecule has 18 heavy (non-hydrogen) atoms. The van der Waals surface area contributed by atoms with Crippen LogP contribution in [-0.2, 0) is 0 Å². The van der Waals surface area contributed by atoms with Crippen molar-refractivity contribution in [1.29, 1.82) is 0 Å². The summed E-state index contributed by atoms with van der Waals surface area (Å²) in [7, 11) is 0. The van der Waals surface area contributed by atoms with Crippen molar-refractivity contribution in [2.45, 2.75) is 25.7 Å². The fourth-order valence-corrected chi connectivity index (χ4v) is 2.12. The molecular formula is C17H19N. The van der Waals surface area contributed by atoms with Crippen LogP contribution in [0.25, 0.3) is 10.8 Å². The Hall–Kier alpha value is -1.78. The minimum Gasteiger partial charge on any atom is -0.330 e. The van der Waals surface area contributed by atoms with Crippen molar-refractivity contribution >= 4 is 10.8 Å². The summed E-state index contributed by atoms with van der Waals surface area (Å²) in [5.41, 5.74) is 6.78. The van der Waals surface area contributed by atoms with Gasteiger partial charge in [0.05, 0.1) is 0 Å². The fourth-order valence-electron chi connectivity index (χ4n) is 2.12. The van der Waals surface area contributed by atoms with Crippen molar-refractivity contribution in [2.24, 2.45) is 5.73 Å². The Labute approximate surface area is 109 Å². The van der Waals surface area contributed by atoms with Gasteiger partial charge in [0.1, 0.15) is 0 Å². The molecule has 0 saturated heterocycles. The standard InChI is InChI=1S/C17H19N/c1-14(8-3-2-6-13-18)16-12-7-10-15-9-4-5-11-17(15)16/h4-5,7,9-12,14H,2,6,13,18H2,1H3. The fraction of sp³-hybridized carbons (Fsp3) is 0.294. The molecule has 0 aromatic heterocycles. The second-order valence-electron chi connectivity index (χ2n) is 4.50. The van der Waals surface area contributed by atoms with Gasteiger partial charge in [-0.3, -0.25) is 0 Å². The number of hydrogen-bond acceptors (Lipinski definition) is 1. The van der Waals surface area contributed by atoms with Gasteiger partial charge in [0.2, 0.25) is 0 Å². The van der Waals surface area contributed by atoms with Crippen molar-refractivity contribution < 1.29 is 0 Å². The molecule has 2 aromatic carbocycles. The van der Waals surface area contributed by atoms with Crippen LogP contribution in [-0.4, -0.2) is 6.54 Å². The average Bonchev–Trinajstić information content (AvgIpc) is 2.43. The minimum absolute atomic E-state index is 0.272. The minimum atomic E-state index is 0.272. The Morgan fingerprint density at radius 1 is 1.11 bits per heavy atom. The third-order valence-electron chi connectivity index (χ3n) is 3.11. The maximum Gasteiger partial charge on any atom is 0.0430 e. The van der Waals surface area contributed by atoms with Crippen LogP contribution >= 0.6 is 0 Å². The maximum absolute atomic E-state index is 5.46. The molecule has 0 heterocycles. The highest BCUT2D eigenvalue weighted by atomic mass is 14.5. The first-order valence-corrected chi connectivity index (χ1v) is 6.49. The molecule has 1 atom stereocenters. The molecule has 0 fully saturated rings. The van der Waals surface area contributed by atoms with Crippen LogP contribution in [0.2, 0.25) is 0 Å². The van der Waals surface area contributed by atoms with Crippen molar-refractivity contribution in [2.75, 3.05) is 6.54 Å². The number of fused-ring (bicyclic) bond motifs is 1. The predicted octanol–water partition coefficient (Wildman–Crippen LogP) is 3.69. The normalized spacial score (nSPS) is 11.9. The molecule has 0 bridgehead atoms. The van der Waals surface area contributed by atoms with Crippen LogP contribution in [0.15, 0.2) is 42.5 Å². The van der Waals surface area contributed by atoms with Crippen molar-refractivity contribution in [3.05, 3.63) is 48.0 Å². The molecule has 0 aliphatic rings. The smallest absolute Gasteiger partial charge is 0.0430 e. The van der Waals surface area contributed by atoms with E-state index in [1.807, 2.05) is 0 Å². The van der Waals surface area contributed by atoms with Crippen LogP contribution < -0.4 is 5.73 Å².